The molecule has 2 aliphatic heterocycles. The van der Waals surface area contributed by atoms with E-state index >= 15 is 0 Å². The SMILES string of the molecule is F[B-](F)(F)C1CCOC2(CCSCC2)C1. The summed E-state index contributed by atoms with van der Waals surface area (Å²) in [6, 6.07) is 0. The summed E-state index contributed by atoms with van der Waals surface area (Å²) in [4.78, 5) is 0. The van der Waals surface area contributed by atoms with Crippen LogP contribution < -0.4 is 0 Å². The van der Waals surface area contributed by atoms with Gasteiger partial charge in [-0.25, -0.2) is 0 Å². The highest BCUT2D eigenvalue weighted by Gasteiger charge is 2.45. The van der Waals surface area contributed by atoms with Gasteiger partial charge in [0.25, 0.3) is 0 Å². The predicted octanol–water partition coefficient (Wildman–Crippen LogP) is 3.28. The normalized spacial score (nSPS) is 31.8. The molecule has 0 aromatic carbocycles. The molecule has 0 aromatic rings. The molecule has 1 spiro atoms. The second-order valence-electron chi connectivity index (χ2n) is 4.52. The van der Waals surface area contributed by atoms with Gasteiger partial charge in [0, 0.05) is 6.61 Å². The Kier molecular flexibility index (Phi) is 3.26. The van der Waals surface area contributed by atoms with Crippen molar-refractivity contribution in [1.82, 2.24) is 0 Å². The van der Waals surface area contributed by atoms with Crippen LogP contribution in [0.25, 0.3) is 0 Å². The second kappa shape index (κ2) is 4.20. The van der Waals surface area contributed by atoms with Gasteiger partial charge in [0.1, 0.15) is 0 Å². The highest BCUT2D eigenvalue weighted by molar-refractivity contribution is 7.99. The van der Waals surface area contributed by atoms with Gasteiger partial charge in [-0.15, -0.1) is 0 Å². The Morgan fingerprint density at radius 2 is 1.87 bits per heavy atom. The zero-order valence-corrected chi connectivity index (χ0v) is 9.37. The van der Waals surface area contributed by atoms with Crippen LogP contribution >= 0.6 is 11.8 Å². The molecule has 0 N–H and O–H groups in total. The van der Waals surface area contributed by atoms with Crippen molar-refractivity contribution >= 4 is 18.7 Å². The van der Waals surface area contributed by atoms with Crippen LogP contribution in [0.1, 0.15) is 25.7 Å². The lowest BCUT2D eigenvalue weighted by atomic mass is 9.63. The fourth-order valence-corrected chi connectivity index (χ4v) is 3.72. The number of hydrogen-bond donors (Lipinski definition) is 0. The molecule has 2 rings (SSSR count). The molecule has 0 aliphatic carbocycles. The Labute approximate surface area is 92.2 Å². The van der Waals surface area contributed by atoms with E-state index < -0.39 is 18.4 Å². The van der Waals surface area contributed by atoms with Gasteiger partial charge in [-0.2, -0.15) is 11.8 Å². The second-order valence-corrected chi connectivity index (χ2v) is 5.75. The van der Waals surface area contributed by atoms with Crippen molar-refractivity contribution in [2.75, 3.05) is 18.1 Å². The molecule has 0 aromatic heterocycles. The van der Waals surface area contributed by atoms with Crippen LogP contribution in [-0.4, -0.2) is 30.7 Å². The third-order valence-corrected chi connectivity index (χ3v) is 4.46. The first kappa shape index (κ1) is 11.6. The first-order valence-corrected chi connectivity index (χ1v) is 6.59. The van der Waals surface area contributed by atoms with Crippen LogP contribution in [-0.2, 0) is 4.74 Å². The zero-order valence-electron chi connectivity index (χ0n) is 8.55. The third-order valence-electron chi connectivity index (χ3n) is 3.47. The smallest absolute Gasteiger partial charge is 0.449 e. The van der Waals surface area contributed by atoms with Crippen LogP contribution in [0, 0.1) is 0 Å². The monoisotopic (exact) mass is 239 g/mol. The van der Waals surface area contributed by atoms with E-state index in [4.69, 9.17) is 4.74 Å². The van der Waals surface area contributed by atoms with Crippen molar-refractivity contribution in [3.05, 3.63) is 0 Å². The summed E-state index contributed by atoms with van der Waals surface area (Å²) < 4.78 is 43.7. The van der Waals surface area contributed by atoms with Crippen molar-refractivity contribution < 1.29 is 17.7 Å². The maximum absolute atomic E-state index is 12.7. The maximum Gasteiger partial charge on any atom is 0.481 e. The standard InChI is InChI=1S/C9H15BF3OS/c11-10(12,13)8-1-4-14-9(7-8)2-5-15-6-3-9/h8H,1-7H2/q-1. The largest absolute Gasteiger partial charge is 0.481 e. The van der Waals surface area contributed by atoms with Crippen LogP contribution in [0.2, 0.25) is 5.82 Å². The molecule has 2 aliphatic rings. The summed E-state index contributed by atoms with van der Waals surface area (Å²) in [7, 11) is 0. The Bertz CT molecular complexity index is 222. The molecule has 1 unspecified atom stereocenters. The first-order valence-electron chi connectivity index (χ1n) is 5.44. The summed E-state index contributed by atoms with van der Waals surface area (Å²) >= 11 is 1.82. The van der Waals surface area contributed by atoms with Gasteiger partial charge in [-0.3, -0.25) is 0 Å². The summed E-state index contributed by atoms with van der Waals surface area (Å²) in [5.74, 6) is 0.802. The van der Waals surface area contributed by atoms with Gasteiger partial charge in [0.2, 0.25) is 0 Å². The van der Waals surface area contributed by atoms with E-state index in [0.717, 1.165) is 24.3 Å². The van der Waals surface area contributed by atoms with E-state index in [1.807, 2.05) is 11.8 Å². The van der Waals surface area contributed by atoms with E-state index in [1.54, 1.807) is 0 Å². The van der Waals surface area contributed by atoms with Gasteiger partial charge >= 0.3 is 6.98 Å². The van der Waals surface area contributed by atoms with Gasteiger partial charge in [-0.1, -0.05) is 12.2 Å². The Morgan fingerprint density at radius 3 is 2.47 bits per heavy atom. The topological polar surface area (TPSA) is 9.23 Å². The lowest BCUT2D eigenvalue weighted by molar-refractivity contribution is -0.0861. The van der Waals surface area contributed by atoms with Gasteiger partial charge < -0.3 is 17.7 Å². The minimum absolute atomic E-state index is 0.165. The summed E-state index contributed by atoms with van der Waals surface area (Å²) in [6.45, 7) is -4.39. The Hall–Kier alpha value is 0.165. The summed E-state index contributed by atoms with van der Waals surface area (Å²) in [5, 5.41) is 0. The van der Waals surface area contributed by atoms with Crippen molar-refractivity contribution in [3.8, 4) is 0 Å². The Morgan fingerprint density at radius 1 is 1.20 bits per heavy atom. The highest BCUT2D eigenvalue weighted by atomic mass is 32.2. The van der Waals surface area contributed by atoms with Crippen LogP contribution in [0.5, 0.6) is 0 Å². The molecule has 1 nitrogen and oxygen atoms in total. The van der Waals surface area contributed by atoms with Crippen LogP contribution in [0.3, 0.4) is 0 Å². The lowest BCUT2D eigenvalue weighted by Crippen LogP contribution is -2.45. The molecule has 0 saturated carbocycles. The van der Waals surface area contributed by atoms with Gasteiger partial charge in [-0.05, 0) is 30.8 Å². The van der Waals surface area contributed by atoms with Crippen LogP contribution in [0.4, 0.5) is 12.9 Å². The minimum Gasteiger partial charge on any atom is -0.449 e. The van der Waals surface area contributed by atoms with Crippen molar-refractivity contribution in [3.63, 3.8) is 0 Å². The average molecular weight is 239 g/mol. The maximum atomic E-state index is 12.7. The molecule has 0 radical (unpaired) electrons. The molecule has 15 heavy (non-hydrogen) atoms. The predicted molar refractivity (Wildman–Crippen MR) is 57.3 cm³/mol. The molecular formula is C9H15BF3OS-. The highest BCUT2D eigenvalue weighted by Crippen LogP contribution is 2.46. The number of hydrogen-bond acceptors (Lipinski definition) is 2. The molecular weight excluding hydrogens is 224 g/mol. The van der Waals surface area contributed by atoms with Crippen LogP contribution in [0.15, 0.2) is 0 Å². The van der Waals surface area contributed by atoms with E-state index in [0.29, 0.717) is 0 Å². The molecule has 0 amide bonds. The number of rotatable bonds is 1. The lowest BCUT2D eigenvalue weighted by Gasteiger charge is -2.46. The molecule has 2 heterocycles. The minimum atomic E-state index is -4.68. The van der Waals surface area contributed by atoms with E-state index in [9.17, 15) is 12.9 Å². The fourth-order valence-electron chi connectivity index (χ4n) is 2.48. The molecule has 2 fully saturated rings. The number of halogens is 3. The van der Waals surface area contributed by atoms with E-state index in [-0.39, 0.29) is 19.4 Å². The quantitative estimate of drug-likeness (QED) is 0.649. The fraction of sp³-hybridized carbons (Fsp3) is 1.00. The summed E-state index contributed by atoms with van der Waals surface area (Å²) in [5.41, 5.74) is -0.439. The number of ether oxygens (including phenoxy) is 1. The van der Waals surface area contributed by atoms with Gasteiger partial charge in [0.05, 0.1) is 5.60 Å². The zero-order chi connectivity index (χ0) is 10.9. The molecule has 88 valence electrons. The molecule has 0 bridgehead atoms. The number of thioether (sulfide) groups is 1. The van der Waals surface area contributed by atoms with Crippen molar-refractivity contribution in [2.45, 2.75) is 37.1 Å². The van der Waals surface area contributed by atoms with Crippen molar-refractivity contribution in [2.24, 2.45) is 0 Å². The molecule has 1 atom stereocenters. The molecule has 6 heteroatoms. The first-order chi connectivity index (χ1) is 7.02. The molecule has 2 saturated heterocycles. The van der Waals surface area contributed by atoms with Crippen molar-refractivity contribution in [1.29, 1.82) is 0 Å². The van der Waals surface area contributed by atoms with Gasteiger partial charge in [0.15, 0.2) is 0 Å². The van der Waals surface area contributed by atoms with E-state index in [2.05, 4.69) is 0 Å². The average Bonchev–Trinajstić information content (AvgIpc) is 2.18. The third kappa shape index (κ3) is 2.64. The summed E-state index contributed by atoms with van der Waals surface area (Å²) in [6.07, 6.45) is 1.95. The Balaban J connectivity index is 2.02. The van der Waals surface area contributed by atoms with E-state index in [1.165, 1.54) is 0 Å².